The number of carboxylic acids is 1. The van der Waals surface area contributed by atoms with Crippen molar-refractivity contribution < 1.29 is 14.7 Å². The number of rotatable bonds is 7. The highest BCUT2D eigenvalue weighted by Crippen LogP contribution is 2.21. The van der Waals surface area contributed by atoms with Gasteiger partial charge in [-0.1, -0.05) is 13.8 Å². The van der Waals surface area contributed by atoms with Crippen LogP contribution in [0.1, 0.15) is 34.1 Å². The van der Waals surface area contributed by atoms with Crippen molar-refractivity contribution in [3.8, 4) is 0 Å². The smallest absolute Gasteiger partial charge is 0.306 e. The number of amides is 1. The van der Waals surface area contributed by atoms with E-state index in [4.69, 9.17) is 5.11 Å². The Bertz CT molecular complexity index is 277. The molecular formula is C12H23NO3S. The van der Waals surface area contributed by atoms with Gasteiger partial charge < -0.3 is 10.4 Å². The van der Waals surface area contributed by atoms with Gasteiger partial charge in [0.15, 0.2) is 0 Å². The van der Waals surface area contributed by atoms with Crippen LogP contribution in [0.2, 0.25) is 0 Å². The van der Waals surface area contributed by atoms with E-state index in [1.54, 1.807) is 0 Å². The number of aliphatic carboxylic acids is 1. The Morgan fingerprint density at radius 1 is 1.35 bits per heavy atom. The summed E-state index contributed by atoms with van der Waals surface area (Å²) >= 11 is 1.48. The average Bonchev–Trinajstić information content (AvgIpc) is 2.22. The first kappa shape index (κ1) is 16.3. The third kappa shape index (κ3) is 5.44. The van der Waals surface area contributed by atoms with Crippen molar-refractivity contribution in [2.75, 3.05) is 12.8 Å². The van der Waals surface area contributed by atoms with Gasteiger partial charge in [-0.2, -0.15) is 0 Å². The SMILES string of the molecule is CSC(C)(C)C(=O)NCCC(C(=O)O)C(C)C. The van der Waals surface area contributed by atoms with E-state index >= 15 is 0 Å². The van der Waals surface area contributed by atoms with Crippen LogP contribution >= 0.6 is 11.8 Å². The van der Waals surface area contributed by atoms with Gasteiger partial charge in [0.25, 0.3) is 0 Å². The molecule has 0 spiro atoms. The van der Waals surface area contributed by atoms with Crippen molar-refractivity contribution in [3.05, 3.63) is 0 Å². The van der Waals surface area contributed by atoms with Crippen LogP contribution < -0.4 is 5.32 Å². The highest BCUT2D eigenvalue weighted by molar-refractivity contribution is 8.00. The molecule has 0 aliphatic heterocycles. The predicted molar refractivity (Wildman–Crippen MR) is 71.2 cm³/mol. The monoisotopic (exact) mass is 261 g/mol. The van der Waals surface area contributed by atoms with Gasteiger partial charge >= 0.3 is 5.97 Å². The Kier molecular flexibility index (Phi) is 6.60. The number of carbonyl (C=O) groups excluding carboxylic acids is 1. The van der Waals surface area contributed by atoms with Crippen LogP contribution in [-0.2, 0) is 9.59 Å². The molecule has 0 radical (unpaired) electrons. The first-order valence-electron chi connectivity index (χ1n) is 5.78. The number of thioether (sulfide) groups is 1. The van der Waals surface area contributed by atoms with E-state index in [0.29, 0.717) is 13.0 Å². The molecule has 0 rings (SSSR count). The first-order valence-corrected chi connectivity index (χ1v) is 7.01. The molecule has 0 aliphatic carbocycles. The zero-order chi connectivity index (χ0) is 13.6. The minimum atomic E-state index is -0.793. The Morgan fingerprint density at radius 2 is 1.88 bits per heavy atom. The highest BCUT2D eigenvalue weighted by atomic mass is 32.2. The average molecular weight is 261 g/mol. The largest absolute Gasteiger partial charge is 0.481 e. The summed E-state index contributed by atoms with van der Waals surface area (Å²) in [6, 6.07) is 0. The molecule has 0 aromatic carbocycles. The van der Waals surface area contributed by atoms with Crippen molar-refractivity contribution in [1.82, 2.24) is 5.32 Å². The van der Waals surface area contributed by atoms with Crippen LogP contribution in [0.25, 0.3) is 0 Å². The second-order valence-electron chi connectivity index (χ2n) is 4.95. The van der Waals surface area contributed by atoms with Gasteiger partial charge in [0, 0.05) is 6.54 Å². The van der Waals surface area contributed by atoms with Gasteiger partial charge in [-0.25, -0.2) is 0 Å². The lowest BCUT2D eigenvalue weighted by Gasteiger charge is -2.22. The van der Waals surface area contributed by atoms with E-state index in [1.165, 1.54) is 11.8 Å². The van der Waals surface area contributed by atoms with Crippen molar-refractivity contribution in [2.45, 2.75) is 38.9 Å². The normalized spacial score (nSPS) is 13.5. The van der Waals surface area contributed by atoms with Crippen LogP contribution in [-0.4, -0.2) is 34.5 Å². The third-order valence-electron chi connectivity index (χ3n) is 2.92. The number of hydrogen-bond acceptors (Lipinski definition) is 3. The summed E-state index contributed by atoms with van der Waals surface area (Å²) in [6.45, 7) is 7.88. The molecule has 1 amide bonds. The summed E-state index contributed by atoms with van der Waals surface area (Å²) in [5.41, 5.74) is 0. The zero-order valence-corrected chi connectivity index (χ0v) is 12.1. The topological polar surface area (TPSA) is 66.4 Å². The third-order valence-corrected chi connectivity index (χ3v) is 4.13. The minimum Gasteiger partial charge on any atom is -0.481 e. The maximum Gasteiger partial charge on any atom is 0.306 e. The molecule has 0 aliphatic rings. The molecule has 0 aromatic rings. The van der Waals surface area contributed by atoms with E-state index in [0.717, 1.165) is 0 Å². The summed E-state index contributed by atoms with van der Waals surface area (Å²) in [7, 11) is 0. The fraction of sp³-hybridized carbons (Fsp3) is 0.833. The predicted octanol–water partition coefficient (Wildman–Crippen LogP) is 1.99. The fourth-order valence-electron chi connectivity index (χ4n) is 1.39. The summed E-state index contributed by atoms with van der Waals surface area (Å²) in [5.74, 6) is -1.15. The number of carbonyl (C=O) groups is 2. The summed E-state index contributed by atoms with van der Waals surface area (Å²) < 4.78 is -0.462. The molecule has 0 fully saturated rings. The molecule has 5 heteroatoms. The van der Waals surface area contributed by atoms with Crippen molar-refractivity contribution in [3.63, 3.8) is 0 Å². The van der Waals surface area contributed by atoms with Gasteiger partial charge in [0.2, 0.25) is 5.91 Å². The molecule has 0 saturated heterocycles. The molecule has 1 atom stereocenters. The molecule has 100 valence electrons. The van der Waals surface area contributed by atoms with E-state index < -0.39 is 16.6 Å². The van der Waals surface area contributed by atoms with Crippen molar-refractivity contribution in [1.29, 1.82) is 0 Å². The number of carboxylic acid groups (broad SMARTS) is 1. The molecular weight excluding hydrogens is 238 g/mol. The van der Waals surface area contributed by atoms with E-state index in [1.807, 2.05) is 34.0 Å². The zero-order valence-electron chi connectivity index (χ0n) is 11.2. The maximum atomic E-state index is 11.7. The van der Waals surface area contributed by atoms with Crippen molar-refractivity contribution >= 4 is 23.6 Å². The van der Waals surface area contributed by atoms with Gasteiger partial charge in [0.1, 0.15) is 0 Å². The van der Waals surface area contributed by atoms with Gasteiger partial charge in [-0.3, -0.25) is 9.59 Å². The first-order chi connectivity index (χ1) is 7.72. The Labute approximate surface area is 108 Å². The lowest BCUT2D eigenvalue weighted by molar-refractivity contribution is -0.143. The van der Waals surface area contributed by atoms with Crippen LogP contribution in [0, 0.1) is 11.8 Å². The number of nitrogens with one attached hydrogen (secondary N) is 1. The van der Waals surface area contributed by atoms with Crippen LogP contribution in [0.15, 0.2) is 0 Å². The van der Waals surface area contributed by atoms with Crippen molar-refractivity contribution in [2.24, 2.45) is 11.8 Å². The maximum absolute atomic E-state index is 11.7. The minimum absolute atomic E-state index is 0.0436. The summed E-state index contributed by atoms with van der Waals surface area (Å²) in [6.07, 6.45) is 2.36. The standard InChI is InChI=1S/C12H23NO3S/c1-8(2)9(10(14)15)6-7-13-11(16)12(3,4)17-5/h8-9H,6-7H2,1-5H3,(H,13,16)(H,14,15). The lowest BCUT2D eigenvalue weighted by atomic mass is 9.93. The Morgan fingerprint density at radius 3 is 2.24 bits per heavy atom. The lowest BCUT2D eigenvalue weighted by Crippen LogP contribution is -2.40. The highest BCUT2D eigenvalue weighted by Gasteiger charge is 2.27. The summed E-state index contributed by atoms with van der Waals surface area (Å²) in [5, 5.41) is 11.8. The number of hydrogen-bond donors (Lipinski definition) is 2. The molecule has 0 heterocycles. The molecule has 0 saturated carbocycles. The molecule has 2 N–H and O–H groups in total. The van der Waals surface area contributed by atoms with Crippen LogP contribution in [0.4, 0.5) is 0 Å². The van der Waals surface area contributed by atoms with E-state index in [2.05, 4.69) is 5.32 Å². The second-order valence-corrected chi connectivity index (χ2v) is 6.38. The Hall–Kier alpha value is -0.710. The molecule has 4 nitrogen and oxygen atoms in total. The van der Waals surface area contributed by atoms with E-state index in [9.17, 15) is 9.59 Å². The molecule has 0 bridgehead atoms. The van der Waals surface area contributed by atoms with Gasteiger partial charge in [-0.15, -0.1) is 11.8 Å². The summed E-state index contributed by atoms with van der Waals surface area (Å²) in [4.78, 5) is 22.7. The molecule has 17 heavy (non-hydrogen) atoms. The molecule has 0 aromatic heterocycles. The molecule has 1 unspecified atom stereocenters. The Balaban J connectivity index is 4.14. The van der Waals surface area contributed by atoms with Crippen LogP contribution in [0.5, 0.6) is 0 Å². The van der Waals surface area contributed by atoms with E-state index in [-0.39, 0.29) is 11.8 Å². The fourth-order valence-corrected chi connectivity index (χ4v) is 1.65. The second kappa shape index (κ2) is 6.89. The van der Waals surface area contributed by atoms with Gasteiger partial charge in [0.05, 0.1) is 10.7 Å². The quantitative estimate of drug-likeness (QED) is 0.735. The van der Waals surface area contributed by atoms with Crippen LogP contribution in [0.3, 0.4) is 0 Å². The van der Waals surface area contributed by atoms with Gasteiger partial charge in [-0.05, 0) is 32.4 Å².